The fraction of sp³-hybridized carbons (Fsp3) is 0.300. The lowest BCUT2D eigenvalue weighted by Gasteiger charge is -2.38. The average molecular weight is 341 g/mol. The predicted octanol–water partition coefficient (Wildman–Crippen LogP) is 3.46. The normalized spacial score (nSPS) is 15.3. The number of rotatable bonds is 5. The number of hydrogen-bond acceptors (Lipinski definition) is 3. The lowest BCUT2D eigenvalue weighted by Crippen LogP contribution is -2.48. The van der Waals surface area contributed by atoms with Gasteiger partial charge in [0.05, 0.1) is 13.2 Å². The highest BCUT2D eigenvalue weighted by Crippen LogP contribution is 2.27. The maximum atomic E-state index is 13.6. The van der Waals surface area contributed by atoms with Gasteiger partial charge < -0.3 is 10.1 Å². The Bertz CT molecular complexity index is 810. The summed E-state index contributed by atoms with van der Waals surface area (Å²) >= 11 is 0. The highest BCUT2D eigenvalue weighted by molar-refractivity contribution is 6.01. The second-order valence-electron chi connectivity index (χ2n) is 6.81. The SMILES string of the molecule is CC(=O)c1ccc(F)cc1-c1ccc(C(=O)NCC2(C)COC2)cc1. The van der Waals surface area contributed by atoms with Gasteiger partial charge in [-0.05, 0) is 48.4 Å². The Hall–Kier alpha value is -2.53. The first-order valence-electron chi connectivity index (χ1n) is 8.15. The van der Waals surface area contributed by atoms with Crippen LogP contribution < -0.4 is 5.32 Å². The zero-order valence-corrected chi connectivity index (χ0v) is 14.3. The molecule has 1 fully saturated rings. The molecule has 0 saturated carbocycles. The Balaban J connectivity index is 1.77. The van der Waals surface area contributed by atoms with Crippen molar-refractivity contribution in [3.8, 4) is 11.1 Å². The molecule has 25 heavy (non-hydrogen) atoms. The number of amides is 1. The third-order valence-electron chi connectivity index (χ3n) is 4.40. The van der Waals surface area contributed by atoms with Crippen LogP contribution >= 0.6 is 0 Å². The van der Waals surface area contributed by atoms with Crippen LogP contribution in [0.2, 0.25) is 0 Å². The van der Waals surface area contributed by atoms with Crippen molar-refractivity contribution >= 4 is 11.7 Å². The molecule has 0 radical (unpaired) electrons. The van der Waals surface area contributed by atoms with Crippen molar-refractivity contribution in [1.29, 1.82) is 0 Å². The van der Waals surface area contributed by atoms with Gasteiger partial charge in [-0.3, -0.25) is 9.59 Å². The Labute approximate surface area is 146 Å². The quantitative estimate of drug-likeness (QED) is 0.848. The number of ketones is 1. The third kappa shape index (κ3) is 3.77. The number of nitrogens with one attached hydrogen (secondary N) is 1. The standard InChI is InChI=1S/C20H20FNO3/c1-13(23)17-8-7-16(21)9-18(17)14-3-5-15(6-4-14)19(24)22-10-20(2)11-25-12-20/h3-9H,10-12H2,1-2H3,(H,22,24). The topological polar surface area (TPSA) is 55.4 Å². The van der Waals surface area contributed by atoms with Gasteiger partial charge in [-0.1, -0.05) is 19.1 Å². The molecule has 1 heterocycles. The van der Waals surface area contributed by atoms with E-state index in [0.29, 0.717) is 42.0 Å². The molecular weight excluding hydrogens is 321 g/mol. The predicted molar refractivity (Wildman–Crippen MR) is 93.1 cm³/mol. The van der Waals surface area contributed by atoms with Crippen LogP contribution in [0.5, 0.6) is 0 Å². The average Bonchev–Trinajstić information content (AvgIpc) is 2.57. The molecule has 5 heteroatoms. The highest BCUT2D eigenvalue weighted by atomic mass is 19.1. The maximum Gasteiger partial charge on any atom is 0.251 e. The van der Waals surface area contributed by atoms with Crippen molar-refractivity contribution in [3.63, 3.8) is 0 Å². The first-order valence-corrected chi connectivity index (χ1v) is 8.15. The van der Waals surface area contributed by atoms with E-state index in [2.05, 4.69) is 12.2 Å². The molecule has 0 aromatic heterocycles. The van der Waals surface area contributed by atoms with Gasteiger partial charge in [0.25, 0.3) is 5.91 Å². The third-order valence-corrected chi connectivity index (χ3v) is 4.40. The Morgan fingerprint density at radius 2 is 1.84 bits per heavy atom. The minimum atomic E-state index is -0.405. The summed E-state index contributed by atoms with van der Waals surface area (Å²) in [6, 6.07) is 10.9. The van der Waals surface area contributed by atoms with E-state index in [1.54, 1.807) is 24.3 Å². The van der Waals surface area contributed by atoms with Crippen LogP contribution in [-0.4, -0.2) is 31.4 Å². The molecule has 1 aliphatic heterocycles. The van der Waals surface area contributed by atoms with E-state index >= 15 is 0 Å². The first-order chi connectivity index (χ1) is 11.9. The van der Waals surface area contributed by atoms with E-state index in [-0.39, 0.29) is 17.1 Å². The molecular formula is C20H20FNO3. The van der Waals surface area contributed by atoms with E-state index < -0.39 is 5.82 Å². The lowest BCUT2D eigenvalue weighted by molar-refractivity contribution is -0.0978. The van der Waals surface area contributed by atoms with E-state index in [1.165, 1.54) is 25.1 Å². The molecule has 0 aliphatic carbocycles. The zero-order valence-electron chi connectivity index (χ0n) is 14.3. The number of Topliss-reactive ketones (excluding diaryl/α,β-unsaturated/α-hetero) is 1. The Morgan fingerprint density at radius 1 is 1.16 bits per heavy atom. The molecule has 0 bridgehead atoms. The molecule has 1 N–H and O–H groups in total. The van der Waals surface area contributed by atoms with Gasteiger partial charge >= 0.3 is 0 Å². The number of benzene rings is 2. The van der Waals surface area contributed by atoms with Crippen molar-refractivity contribution in [1.82, 2.24) is 5.32 Å². The summed E-state index contributed by atoms with van der Waals surface area (Å²) < 4.78 is 18.7. The van der Waals surface area contributed by atoms with E-state index in [0.717, 1.165) is 0 Å². The largest absolute Gasteiger partial charge is 0.380 e. The summed E-state index contributed by atoms with van der Waals surface area (Å²) in [6.45, 7) is 5.38. The van der Waals surface area contributed by atoms with Gasteiger partial charge in [0.1, 0.15) is 5.82 Å². The molecule has 0 atom stereocenters. The van der Waals surface area contributed by atoms with Gasteiger partial charge in [0.15, 0.2) is 5.78 Å². The summed E-state index contributed by atoms with van der Waals surface area (Å²) in [5.41, 5.74) is 2.21. The van der Waals surface area contributed by atoms with Gasteiger partial charge in [-0.2, -0.15) is 0 Å². The molecule has 4 nitrogen and oxygen atoms in total. The van der Waals surface area contributed by atoms with E-state index in [4.69, 9.17) is 4.74 Å². The summed E-state index contributed by atoms with van der Waals surface area (Å²) in [5, 5.41) is 2.91. The number of ether oxygens (including phenoxy) is 1. The van der Waals surface area contributed by atoms with Gasteiger partial charge in [0, 0.05) is 23.1 Å². The van der Waals surface area contributed by atoms with Crippen LogP contribution in [0.15, 0.2) is 42.5 Å². The van der Waals surface area contributed by atoms with Crippen molar-refractivity contribution in [2.24, 2.45) is 5.41 Å². The summed E-state index contributed by atoms with van der Waals surface area (Å²) in [6.07, 6.45) is 0. The molecule has 1 amide bonds. The van der Waals surface area contributed by atoms with Crippen molar-refractivity contribution < 1.29 is 18.7 Å². The second-order valence-corrected chi connectivity index (χ2v) is 6.81. The molecule has 130 valence electrons. The first kappa shape index (κ1) is 17.3. The Kier molecular flexibility index (Phi) is 4.68. The Morgan fingerprint density at radius 3 is 2.40 bits per heavy atom. The van der Waals surface area contributed by atoms with Gasteiger partial charge in [0.2, 0.25) is 0 Å². The highest BCUT2D eigenvalue weighted by Gasteiger charge is 2.33. The summed E-state index contributed by atoms with van der Waals surface area (Å²) in [7, 11) is 0. The van der Waals surface area contributed by atoms with Crippen LogP contribution in [0.1, 0.15) is 34.6 Å². The molecule has 1 aliphatic rings. The fourth-order valence-electron chi connectivity index (χ4n) is 2.81. The molecule has 0 unspecified atom stereocenters. The second kappa shape index (κ2) is 6.76. The maximum absolute atomic E-state index is 13.6. The minimum Gasteiger partial charge on any atom is -0.380 e. The number of carbonyl (C=O) groups excluding carboxylic acids is 2. The number of halogens is 1. The van der Waals surface area contributed by atoms with Gasteiger partial charge in [-0.25, -0.2) is 4.39 Å². The smallest absolute Gasteiger partial charge is 0.251 e. The van der Waals surface area contributed by atoms with Crippen LogP contribution in [0, 0.1) is 11.2 Å². The van der Waals surface area contributed by atoms with Crippen LogP contribution in [0.4, 0.5) is 4.39 Å². The van der Waals surface area contributed by atoms with Gasteiger partial charge in [-0.15, -0.1) is 0 Å². The van der Waals surface area contributed by atoms with Crippen molar-refractivity contribution in [2.45, 2.75) is 13.8 Å². The molecule has 2 aromatic rings. The van der Waals surface area contributed by atoms with E-state index in [9.17, 15) is 14.0 Å². The monoisotopic (exact) mass is 341 g/mol. The van der Waals surface area contributed by atoms with Crippen LogP contribution in [0.25, 0.3) is 11.1 Å². The lowest BCUT2D eigenvalue weighted by atomic mass is 9.88. The van der Waals surface area contributed by atoms with Crippen molar-refractivity contribution in [3.05, 3.63) is 59.4 Å². The van der Waals surface area contributed by atoms with Crippen LogP contribution in [-0.2, 0) is 4.74 Å². The summed E-state index contributed by atoms with van der Waals surface area (Å²) in [5.74, 6) is -0.698. The molecule has 3 rings (SSSR count). The number of carbonyl (C=O) groups is 2. The number of hydrogen-bond donors (Lipinski definition) is 1. The fourth-order valence-corrected chi connectivity index (χ4v) is 2.81. The summed E-state index contributed by atoms with van der Waals surface area (Å²) in [4.78, 5) is 24.0. The molecule has 2 aromatic carbocycles. The zero-order chi connectivity index (χ0) is 18.0. The molecule has 0 spiro atoms. The van der Waals surface area contributed by atoms with Crippen LogP contribution in [0.3, 0.4) is 0 Å². The van der Waals surface area contributed by atoms with E-state index in [1.807, 2.05) is 0 Å². The minimum absolute atomic E-state index is 0.00750. The van der Waals surface area contributed by atoms with Crippen molar-refractivity contribution in [2.75, 3.05) is 19.8 Å². The molecule has 1 saturated heterocycles.